The molecule has 0 bridgehead atoms. The number of aliphatic carboxylic acids is 1. The molecule has 1 heterocycles. The number of pyridine rings is 1. The smallest absolute Gasteiger partial charge is 0.304 e. The summed E-state index contributed by atoms with van der Waals surface area (Å²) in [5, 5.41) is 10.4. The first kappa shape index (κ1) is 17.6. The molecule has 128 valence electrons. The van der Waals surface area contributed by atoms with Crippen molar-refractivity contribution in [1.82, 2.24) is 4.98 Å². The van der Waals surface area contributed by atoms with E-state index in [-0.39, 0.29) is 18.3 Å². The molecule has 1 aromatic heterocycles. The van der Waals surface area contributed by atoms with Crippen molar-refractivity contribution in [2.45, 2.75) is 16.6 Å². The summed E-state index contributed by atoms with van der Waals surface area (Å²) in [6.45, 7) is 0.263. The molecule has 0 fully saturated rings. The van der Waals surface area contributed by atoms with Crippen LogP contribution in [0.2, 0.25) is 5.02 Å². The Balaban J connectivity index is 1.77. The zero-order valence-electron chi connectivity index (χ0n) is 13.3. The zero-order valence-corrected chi connectivity index (χ0v) is 14.8. The quantitative estimate of drug-likeness (QED) is 0.597. The number of carboxylic acids is 1. The number of nitrogens with zero attached hydrogens (tertiary/aromatic N) is 1. The number of aromatic nitrogens is 1. The van der Waals surface area contributed by atoms with Crippen molar-refractivity contribution in [2.75, 3.05) is 6.61 Å². The van der Waals surface area contributed by atoms with Crippen LogP contribution < -0.4 is 4.74 Å². The van der Waals surface area contributed by atoms with Crippen molar-refractivity contribution in [2.24, 2.45) is 0 Å². The number of benzene rings is 2. The van der Waals surface area contributed by atoms with Gasteiger partial charge in [-0.25, -0.2) is 0 Å². The van der Waals surface area contributed by atoms with Crippen LogP contribution >= 0.6 is 23.4 Å². The second kappa shape index (κ2) is 8.23. The molecule has 1 N–H and O–H groups in total. The molecule has 6 heteroatoms. The minimum absolute atomic E-state index is 0.0124. The molecule has 3 rings (SSSR count). The van der Waals surface area contributed by atoms with E-state index in [2.05, 4.69) is 4.98 Å². The van der Waals surface area contributed by atoms with E-state index >= 15 is 0 Å². The highest BCUT2D eigenvalue weighted by Crippen LogP contribution is 2.31. The van der Waals surface area contributed by atoms with Gasteiger partial charge in [-0.2, -0.15) is 0 Å². The molecule has 0 aliphatic carbocycles. The van der Waals surface area contributed by atoms with Crippen LogP contribution in [0.15, 0.2) is 65.7 Å². The number of fused-ring (bicyclic) bond motifs is 1. The van der Waals surface area contributed by atoms with E-state index in [0.29, 0.717) is 16.3 Å². The molecule has 0 aliphatic heterocycles. The molecule has 0 radical (unpaired) electrons. The largest absolute Gasteiger partial charge is 0.490 e. The highest BCUT2D eigenvalue weighted by atomic mass is 35.5. The van der Waals surface area contributed by atoms with Crippen LogP contribution in [0.5, 0.6) is 5.75 Å². The molecule has 0 spiro atoms. The van der Waals surface area contributed by atoms with Crippen LogP contribution in [0.1, 0.15) is 6.42 Å². The van der Waals surface area contributed by atoms with E-state index in [9.17, 15) is 4.79 Å². The number of carboxylic acid groups (broad SMARTS) is 1. The molecule has 0 aliphatic rings. The molecular formula is C19H16ClNO3S. The third kappa shape index (κ3) is 4.65. The van der Waals surface area contributed by atoms with Crippen LogP contribution in [-0.2, 0) is 4.79 Å². The van der Waals surface area contributed by atoms with Gasteiger partial charge in [0.15, 0.2) is 0 Å². The van der Waals surface area contributed by atoms with Gasteiger partial charge >= 0.3 is 5.97 Å². The van der Waals surface area contributed by atoms with Gasteiger partial charge in [-0.05, 0) is 36.4 Å². The van der Waals surface area contributed by atoms with Gasteiger partial charge in [-0.3, -0.25) is 9.78 Å². The minimum atomic E-state index is -0.851. The molecule has 25 heavy (non-hydrogen) atoms. The van der Waals surface area contributed by atoms with Crippen molar-refractivity contribution in [3.63, 3.8) is 0 Å². The van der Waals surface area contributed by atoms with Gasteiger partial charge in [0.25, 0.3) is 0 Å². The minimum Gasteiger partial charge on any atom is -0.490 e. The second-order valence-corrected chi connectivity index (χ2v) is 7.19. The lowest BCUT2D eigenvalue weighted by molar-refractivity contribution is -0.137. The van der Waals surface area contributed by atoms with Crippen LogP contribution in [0.25, 0.3) is 10.9 Å². The van der Waals surface area contributed by atoms with Gasteiger partial charge < -0.3 is 9.84 Å². The Morgan fingerprint density at radius 3 is 2.72 bits per heavy atom. The highest BCUT2D eigenvalue weighted by molar-refractivity contribution is 8.00. The van der Waals surface area contributed by atoms with Gasteiger partial charge in [0, 0.05) is 16.5 Å². The first-order chi connectivity index (χ1) is 12.1. The Hall–Kier alpha value is -2.24. The van der Waals surface area contributed by atoms with Crippen molar-refractivity contribution < 1.29 is 14.6 Å². The molecule has 4 nitrogen and oxygen atoms in total. The van der Waals surface area contributed by atoms with Crippen LogP contribution in [-0.4, -0.2) is 27.9 Å². The van der Waals surface area contributed by atoms with Crippen molar-refractivity contribution in [3.05, 3.63) is 65.8 Å². The second-order valence-electron chi connectivity index (χ2n) is 5.41. The van der Waals surface area contributed by atoms with Crippen molar-refractivity contribution in [3.8, 4) is 5.75 Å². The van der Waals surface area contributed by atoms with Gasteiger partial charge in [-0.1, -0.05) is 29.8 Å². The number of hydrogen-bond acceptors (Lipinski definition) is 4. The first-order valence-electron chi connectivity index (χ1n) is 7.73. The fraction of sp³-hybridized carbons (Fsp3) is 0.158. The molecule has 1 unspecified atom stereocenters. The number of halogens is 1. The number of carbonyl (C=O) groups is 1. The van der Waals surface area contributed by atoms with Crippen LogP contribution in [0.3, 0.4) is 0 Å². The summed E-state index contributed by atoms with van der Waals surface area (Å²) < 4.78 is 5.90. The lowest BCUT2D eigenvalue weighted by Gasteiger charge is -2.16. The summed E-state index contributed by atoms with van der Waals surface area (Å²) in [5.74, 6) is -0.250. The van der Waals surface area contributed by atoms with E-state index in [4.69, 9.17) is 21.4 Å². The Kier molecular flexibility index (Phi) is 5.79. The molecule has 0 saturated carbocycles. The zero-order chi connectivity index (χ0) is 17.6. The Bertz CT molecular complexity index is 873. The summed E-state index contributed by atoms with van der Waals surface area (Å²) in [4.78, 5) is 16.5. The maximum absolute atomic E-state index is 11.2. The van der Waals surface area contributed by atoms with Gasteiger partial charge in [0.1, 0.15) is 17.9 Å². The van der Waals surface area contributed by atoms with Crippen molar-refractivity contribution in [1.29, 1.82) is 0 Å². The summed E-state index contributed by atoms with van der Waals surface area (Å²) in [6.07, 6.45) is 1.69. The van der Waals surface area contributed by atoms with Crippen LogP contribution in [0, 0.1) is 0 Å². The van der Waals surface area contributed by atoms with Crippen LogP contribution in [0.4, 0.5) is 0 Å². The monoisotopic (exact) mass is 373 g/mol. The summed E-state index contributed by atoms with van der Waals surface area (Å²) in [7, 11) is 0. The standard InChI is InChI=1S/C19H16ClNO3S/c20-16-8-9-17(19-15(16)7-4-10-21-19)24-12-14(11-18(22)23)25-13-5-2-1-3-6-13/h1-10,14H,11-12H2,(H,22,23). The van der Waals surface area contributed by atoms with Crippen molar-refractivity contribution >= 4 is 40.2 Å². The average molecular weight is 374 g/mol. The maximum atomic E-state index is 11.2. The Morgan fingerprint density at radius 2 is 1.96 bits per heavy atom. The molecule has 0 saturated heterocycles. The van der Waals surface area contributed by atoms with Gasteiger partial charge in [0.2, 0.25) is 0 Å². The predicted octanol–water partition coefficient (Wildman–Crippen LogP) is 4.90. The normalized spacial score (nSPS) is 12.0. The summed E-state index contributed by atoms with van der Waals surface area (Å²) in [6, 6.07) is 16.9. The molecule has 2 aromatic carbocycles. The fourth-order valence-electron chi connectivity index (χ4n) is 2.43. The number of thioether (sulfide) groups is 1. The molecule has 1 atom stereocenters. The van der Waals surface area contributed by atoms with Gasteiger partial charge in [-0.15, -0.1) is 11.8 Å². The third-order valence-electron chi connectivity index (χ3n) is 3.55. The Labute approximate surface area is 154 Å². The first-order valence-corrected chi connectivity index (χ1v) is 8.99. The summed E-state index contributed by atoms with van der Waals surface area (Å²) >= 11 is 7.68. The molecule has 0 amide bonds. The number of hydrogen-bond donors (Lipinski definition) is 1. The van der Waals surface area contributed by atoms with E-state index in [1.807, 2.05) is 42.5 Å². The highest BCUT2D eigenvalue weighted by Gasteiger charge is 2.17. The molecule has 3 aromatic rings. The Morgan fingerprint density at radius 1 is 1.16 bits per heavy atom. The third-order valence-corrected chi connectivity index (χ3v) is 5.06. The van der Waals surface area contributed by atoms with E-state index in [1.165, 1.54) is 11.8 Å². The van der Waals surface area contributed by atoms with Gasteiger partial charge in [0.05, 0.1) is 16.7 Å². The van der Waals surface area contributed by atoms with E-state index in [1.54, 1.807) is 18.3 Å². The lowest BCUT2D eigenvalue weighted by Crippen LogP contribution is -2.18. The summed E-state index contributed by atoms with van der Waals surface area (Å²) in [5.41, 5.74) is 0.675. The topological polar surface area (TPSA) is 59.4 Å². The van der Waals surface area contributed by atoms with E-state index in [0.717, 1.165) is 10.3 Å². The average Bonchev–Trinajstić information content (AvgIpc) is 2.62. The number of rotatable bonds is 7. The fourth-order valence-corrected chi connectivity index (χ4v) is 3.71. The predicted molar refractivity (Wildman–Crippen MR) is 101 cm³/mol. The lowest BCUT2D eigenvalue weighted by atomic mass is 10.2. The SMILES string of the molecule is O=C(O)CC(COc1ccc(Cl)c2cccnc12)Sc1ccccc1. The van der Waals surface area contributed by atoms with E-state index < -0.39 is 5.97 Å². The maximum Gasteiger partial charge on any atom is 0.304 e. The number of ether oxygens (including phenoxy) is 1. The molecular weight excluding hydrogens is 358 g/mol.